The molecule has 166 valence electrons. The SMILES string of the molecule is CN=C(NCc1ccccc1OC(F)F)NCC1CCCN(C)C1c1cccs1.I. The molecule has 1 aliphatic heterocycles. The van der Waals surface area contributed by atoms with Crippen LogP contribution in [0.1, 0.15) is 29.3 Å². The zero-order valence-electron chi connectivity index (χ0n) is 17.2. The maximum atomic E-state index is 12.6. The first-order valence-corrected chi connectivity index (χ1v) is 10.7. The molecule has 0 spiro atoms. The molecule has 2 aromatic rings. The van der Waals surface area contributed by atoms with Gasteiger partial charge in [0.2, 0.25) is 0 Å². The number of guanidine groups is 1. The van der Waals surface area contributed by atoms with E-state index in [0.29, 0.717) is 30.0 Å². The minimum Gasteiger partial charge on any atom is -0.434 e. The van der Waals surface area contributed by atoms with Gasteiger partial charge in [-0.25, -0.2) is 0 Å². The molecule has 5 nitrogen and oxygen atoms in total. The van der Waals surface area contributed by atoms with Gasteiger partial charge in [0.15, 0.2) is 5.96 Å². The lowest BCUT2D eigenvalue weighted by Gasteiger charge is -2.39. The van der Waals surface area contributed by atoms with Gasteiger partial charge < -0.3 is 15.4 Å². The molecule has 1 saturated heterocycles. The number of alkyl halides is 2. The van der Waals surface area contributed by atoms with Crippen molar-refractivity contribution in [2.45, 2.75) is 32.0 Å². The second kappa shape index (κ2) is 12.4. The molecule has 1 fully saturated rings. The van der Waals surface area contributed by atoms with Gasteiger partial charge in [0.05, 0.1) is 0 Å². The Balaban J connectivity index is 0.00000320. The topological polar surface area (TPSA) is 48.9 Å². The van der Waals surface area contributed by atoms with Crippen LogP contribution in [0.5, 0.6) is 5.75 Å². The lowest BCUT2D eigenvalue weighted by molar-refractivity contribution is -0.0504. The molecule has 1 aliphatic rings. The quantitative estimate of drug-likeness (QED) is 0.298. The standard InChI is InChI=1S/C21H28F2N4OS.HI/c1-24-21(25-13-15-7-3-4-9-17(15)28-20(22)23)26-14-16-8-5-11-27(2)19(16)18-10-6-12-29-18;/h3-4,6-7,9-10,12,16,19-20H,5,8,11,13-14H2,1-2H3,(H2,24,25,26);1H. The van der Waals surface area contributed by atoms with Gasteiger partial charge in [-0.15, -0.1) is 35.3 Å². The van der Waals surface area contributed by atoms with Crippen LogP contribution in [-0.2, 0) is 6.54 Å². The number of halogens is 3. The van der Waals surface area contributed by atoms with E-state index in [4.69, 9.17) is 0 Å². The Kier molecular flexibility index (Phi) is 10.3. The number of hydrogen-bond acceptors (Lipinski definition) is 4. The van der Waals surface area contributed by atoms with Crippen LogP contribution in [0.4, 0.5) is 8.78 Å². The van der Waals surface area contributed by atoms with Crippen LogP contribution in [0.25, 0.3) is 0 Å². The highest BCUT2D eigenvalue weighted by molar-refractivity contribution is 14.0. The summed E-state index contributed by atoms with van der Waals surface area (Å²) in [6.07, 6.45) is 2.33. The van der Waals surface area contributed by atoms with Crippen molar-refractivity contribution in [1.29, 1.82) is 0 Å². The Hall–Kier alpha value is -1.46. The summed E-state index contributed by atoms with van der Waals surface area (Å²) in [4.78, 5) is 8.09. The van der Waals surface area contributed by atoms with Gasteiger partial charge in [-0.05, 0) is 49.9 Å². The summed E-state index contributed by atoms with van der Waals surface area (Å²) >= 11 is 1.80. The van der Waals surface area contributed by atoms with E-state index in [1.807, 2.05) is 0 Å². The van der Waals surface area contributed by atoms with Gasteiger partial charge in [0, 0.05) is 36.6 Å². The smallest absolute Gasteiger partial charge is 0.387 e. The summed E-state index contributed by atoms with van der Waals surface area (Å²) in [5, 5.41) is 8.74. The van der Waals surface area contributed by atoms with Gasteiger partial charge in [0.25, 0.3) is 0 Å². The molecule has 2 atom stereocenters. The van der Waals surface area contributed by atoms with Crippen LogP contribution >= 0.6 is 35.3 Å². The number of benzene rings is 1. The lowest BCUT2D eigenvalue weighted by atomic mass is 9.88. The van der Waals surface area contributed by atoms with E-state index in [0.717, 1.165) is 19.5 Å². The number of thiophene rings is 1. The Bertz CT molecular complexity index is 791. The molecule has 0 radical (unpaired) electrons. The molecule has 0 bridgehead atoms. The number of rotatable bonds is 7. The molecule has 3 rings (SSSR count). The summed E-state index contributed by atoms with van der Waals surface area (Å²) in [5.74, 6) is 1.30. The fraction of sp³-hybridized carbons (Fsp3) is 0.476. The second-order valence-corrected chi connectivity index (χ2v) is 8.12. The van der Waals surface area contributed by atoms with Gasteiger partial charge in [-0.3, -0.25) is 9.89 Å². The predicted molar refractivity (Wildman–Crippen MR) is 129 cm³/mol. The first kappa shape index (κ1) is 24.8. The number of nitrogens with one attached hydrogen (secondary N) is 2. The molecule has 2 N–H and O–H groups in total. The van der Waals surface area contributed by atoms with E-state index in [1.165, 1.54) is 11.3 Å². The Labute approximate surface area is 197 Å². The zero-order valence-corrected chi connectivity index (χ0v) is 20.3. The summed E-state index contributed by atoms with van der Waals surface area (Å²) in [6, 6.07) is 11.5. The Morgan fingerprint density at radius 1 is 1.27 bits per heavy atom. The largest absolute Gasteiger partial charge is 0.434 e. The van der Waals surface area contributed by atoms with Gasteiger partial charge in [-0.1, -0.05) is 24.3 Å². The summed E-state index contributed by atoms with van der Waals surface area (Å²) in [7, 11) is 3.89. The van der Waals surface area contributed by atoms with Gasteiger partial charge in [0.1, 0.15) is 5.75 Å². The first-order chi connectivity index (χ1) is 14.1. The number of likely N-dealkylation sites (tertiary alicyclic amines) is 1. The van der Waals surface area contributed by atoms with E-state index in [9.17, 15) is 8.78 Å². The fourth-order valence-corrected chi connectivity index (χ4v) is 4.85. The summed E-state index contributed by atoms with van der Waals surface area (Å²) < 4.78 is 29.8. The van der Waals surface area contributed by atoms with Crippen molar-refractivity contribution in [3.05, 3.63) is 52.2 Å². The number of piperidine rings is 1. The van der Waals surface area contributed by atoms with Crippen molar-refractivity contribution in [1.82, 2.24) is 15.5 Å². The molecule has 0 aliphatic carbocycles. The predicted octanol–water partition coefficient (Wildman–Crippen LogP) is 4.72. The van der Waals surface area contributed by atoms with E-state index >= 15 is 0 Å². The third-order valence-electron chi connectivity index (χ3n) is 5.23. The lowest BCUT2D eigenvalue weighted by Crippen LogP contribution is -2.44. The molecule has 0 amide bonds. The second-order valence-electron chi connectivity index (χ2n) is 7.14. The molecule has 30 heavy (non-hydrogen) atoms. The van der Waals surface area contributed by atoms with Crippen LogP contribution in [0, 0.1) is 5.92 Å². The third kappa shape index (κ3) is 6.78. The van der Waals surface area contributed by atoms with Crippen molar-refractivity contribution >= 4 is 41.3 Å². The van der Waals surface area contributed by atoms with Crippen LogP contribution in [0.3, 0.4) is 0 Å². The molecular weight excluding hydrogens is 521 g/mol. The monoisotopic (exact) mass is 550 g/mol. The number of aliphatic imine (C=N–C) groups is 1. The van der Waals surface area contributed by atoms with Gasteiger partial charge in [-0.2, -0.15) is 8.78 Å². The highest BCUT2D eigenvalue weighted by Crippen LogP contribution is 2.36. The van der Waals surface area contributed by atoms with Crippen molar-refractivity contribution < 1.29 is 13.5 Å². The van der Waals surface area contributed by atoms with E-state index in [-0.39, 0.29) is 29.7 Å². The molecule has 2 unspecified atom stereocenters. The minimum atomic E-state index is -2.84. The molecule has 0 saturated carbocycles. The normalized spacial score (nSPS) is 20.0. The number of hydrogen-bond donors (Lipinski definition) is 2. The third-order valence-corrected chi connectivity index (χ3v) is 6.18. The zero-order chi connectivity index (χ0) is 20.6. The highest BCUT2D eigenvalue weighted by atomic mass is 127. The molecule has 9 heteroatoms. The molecule has 1 aromatic carbocycles. The van der Waals surface area contributed by atoms with E-state index in [2.05, 4.69) is 49.8 Å². The maximum absolute atomic E-state index is 12.6. The Morgan fingerprint density at radius 2 is 2.07 bits per heavy atom. The summed E-state index contributed by atoms with van der Waals surface area (Å²) in [6.45, 7) is -0.595. The van der Waals surface area contributed by atoms with E-state index in [1.54, 1.807) is 42.6 Å². The van der Waals surface area contributed by atoms with Crippen molar-refractivity contribution in [2.24, 2.45) is 10.9 Å². The maximum Gasteiger partial charge on any atom is 0.387 e. The summed E-state index contributed by atoms with van der Waals surface area (Å²) in [5.41, 5.74) is 0.657. The molecular formula is C21H29F2IN4OS. The minimum absolute atomic E-state index is 0. The van der Waals surface area contributed by atoms with Crippen molar-refractivity contribution in [3.63, 3.8) is 0 Å². The molecule has 2 heterocycles. The first-order valence-electron chi connectivity index (χ1n) is 9.79. The van der Waals surface area contributed by atoms with Gasteiger partial charge >= 0.3 is 6.61 Å². The number of para-hydroxylation sites is 1. The number of nitrogens with zero attached hydrogens (tertiary/aromatic N) is 2. The van der Waals surface area contributed by atoms with E-state index < -0.39 is 6.61 Å². The van der Waals surface area contributed by atoms with Crippen LogP contribution in [-0.4, -0.2) is 44.7 Å². The Morgan fingerprint density at radius 3 is 2.77 bits per heavy atom. The average molecular weight is 550 g/mol. The number of ether oxygens (including phenoxy) is 1. The average Bonchev–Trinajstić information content (AvgIpc) is 3.23. The van der Waals surface area contributed by atoms with Crippen LogP contribution < -0.4 is 15.4 Å². The highest BCUT2D eigenvalue weighted by Gasteiger charge is 2.31. The van der Waals surface area contributed by atoms with Crippen molar-refractivity contribution in [3.8, 4) is 5.75 Å². The van der Waals surface area contributed by atoms with Crippen LogP contribution in [0.2, 0.25) is 0 Å². The molecule has 1 aromatic heterocycles. The van der Waals surface area contributed by atoms with Crippen molar-refractivity contribution in [2.75, 3.05) is 27.2 Å². The fourth-order valence-electron chi connectivity index (χ4n) is 3.87. The van der Waals surface area contributed by atoms with Crippen LogP contribution in [0.15, 0.2) is 46.8 Å².